The second kappa shape index (κ2) is 5.48. The minimum Gasteiger partial charge on any atom is -0.306 e. The Kier molecular flexibility index (Phi) is 3.55. The number of H-pyrrole nitrogens is 1. The van der Waals surface area contributed by atoms with Crippen LogP contribution >= 0.6 is 0 Å². The number of piperidine rings is 1. The Labute approximate surface area is 113 Å². The minimum absolute atomic E-state index is 0.741. The van der Waals surface area contributed by atoms with Crippen LogP contribution in [0.2, 0.25) is 0 Å². The third-order valence-corrected chi connectivity index (χ3v) is 3.81. The summed E-state index contributed by atoms with van der Waals surface area (Å²) < 4.78 is 0. The number of nitrogens with zero attached hydrogens (tertiary/aromatic N) is 4. The topological polar surface area (TPSA) is 57.7 Å². The van der Waals surface area contributed by atoms with E-state index in [1.807, 2.05) is 12.4 Å². The lowest BCUT2D eigenvalue weighted by Crippen LogP contribution is -2.31. The Morgan fingerprint density at radius 2 is 2.11 bits per heavy atom. The van der Waals surface area contributed by atoms with E-state index in [9.17, 15) is 0 Å². The molecule has 1 N–H and O–H groups in total. The highest BCUT2D eigenvalue weighted by Crippen LogP contribution is 2.21. The summed E-state index contributed by atoms with van der Waals surface area (Å²) in [7, 11) is 2.19. The molecule has 1 aliphatic heterocycles. The molecule has 0 spiro atoms. The average molecular weight is 257 g/mol. The van der Waals surface area contributed by atoms with E-state index in [1.54, 1.807) is 12.4 Å². The molecule has 0 aromatic carbocycles. The van der Waals surface area contributed by atoms with Crippen molar-refractivity contribution < 1.29 is 0 Å². The van der Waals surface area contributed by atoms with Gasteiger partial charge in [0, 0.05) is 18.0 Å². The monoisotopic (exact) mass is 257 g/mol. The molecule has 0 unspecified atom stereocenters. The van der Waals surface area contributed by atoms with Crippen molar-refractivity contribution in [1.82, 2.24) is 25.1 Å². The molecular weight excluding hydrogens is 238 g/mol. The fourth-order valence-corrected chi connectivity index (χ4v) is 2.60. The molecule has 0 bridgehead atoms. The van der Waals surface area contributed by atoms with Crippen molar-refractivity contribution in [2.45, 2.75) is 19.3 Å². The minimum atomic E-state index is 0.741. The molecule has 2 aromatic rings. The SMILES string of the molecule is CN1CCC(Cc2cncc(-c3cn[nH]c3)n2)CC1. The highest BCUT2D eigenvalue weighted by Gasteiger charge is 2.17. The lowest BCUT2D eigenvalue weighted by molar-refractivity contribution is 0.218. The summed E-state index contributed by atoms with van der Waals surface area (Å²) in [5.41, 5.74) is 2.99. The second-order valence-corrected chi connectivity index (χ2v) is 5.33. The summed E-state index contributed by atoms with van der Waals surface area (Å²) in [6.45, 7) is 2.39. The van der Waals surface area contributed by atoms with E-state index < -0.39 is 0 Å². The van der Waals surface area contributed by atoms with Gasteiger partial charge in [0.15, 0.2) is 0 Å². The fraction of sp³-hybridized carbons (Fsp3) is 0.500. The molecular formula is C14H19N5. The van der Waals surface area contributed by atoms with Crippen molar-refractivity contribution in [3.05, 3.63) is 30.5 Å². The zero-order valence-corrected chi connectivity index (χ0v) is 11.2. The Hall–Kier alpha value is -1.75. The van der Waals surface area contributed by atoms with Gasteiger partial charge in [0.1, 0.15) is 0 Å². The average Bonchev–Trinajstić information content (AvgIpc) is 2.96. The molecule has 0 atom stereocenters. The van der Waals surface area contributed by atoms with Crippen LogP contribution in [-0.2, 0) is 6.42 Å². The van der Waals surface area contributed by atoms with E-state index in [0.717, 1.165) is 29.3 Å². The van der Waals surface area contributed by atoms with E-state index in [2.05, 4.69) is 27.1 Å². The first-order valence-electron chi connectivity index (χ1n) is 6.80. The molecule has 100 valence electrons. The summed E-state index contributed by atoms with van der Waals surface area (Å²) in [6, 6.07) is 0. The van der Waals surface area contributed by atoms with Crippen molar-refractivity contribution in [3.63, 3.8) is 0 Å². The number of aromatic nitrogens is 4. The smallest absolute Gasteiger partial charge is 0.0919 e. The van der Waals surface area contributed by atoms with Crippen molar-refractivity contribution in [1.29, 1.82) is 0 Å². The zero-order valence-electron chi connectivity index (χ0n) is 11.2. The summed E-state index contributed by atoms with van der Waals surface area (Å²) >= 11 is 0. The van der Waals surface area contributed by atoms with Crippen LogP contribution in [0.1, 0.15) is 18.5 Å². The van der Waals surface area contributed by atoms with Crippen LogP contribution in [-0.4, -0.2) is 45.2 Å². The van der Waals surface area contributed by atoms with Crippen molar-refractivity contribution in [2.75, 3.05) is 20.1 Å². The van der Waals surface area contributed by atoms with Gasteiger partial charge in [-0.3, -0.25) is 10.1 Å². The first-order valence-corrected chi connectivity index (χ1v) is 6.80. The van der Waals surface area contributed by atoms with Crippen LogP contribution in [0.5, 0.6) is 0 Å². The standard InChI is InChI=1S/C14H19N5/c1-19-4-2-11(3-5-19)6-13-9-15-10-14(18-13)12-7-16-17-8-12/h7-11H,2-6H2,1H3,(H,16,17). The first-order chi connectivity index (χ1) is 9.31. The van der Waals surface area contributed by atoms with Gasteiger partial charge in [-0.05, 0) is 45.3 Å². The van der Waals surface area contributed by atoms with Gasteiger partial charge in [-0.1, -0.05) is 0 Å². The highest BCUT2D eigenvalue weighted by atomic mass is 15.1. The van der Waals surface area contributed by atoms with Crippen LogP contribution in [0.4, 0.5) is 0 Å². The molecule has 1 fully saturated rings. The third kappa shape index (κ3) is 2.98. The maximum absolute atomic E-state index is 4.69. The van der Waals surface area contributed by atoms with Gasteiger partial charge in [-0.2, -0.15) is 5.10 Å². The highest BCUT2D eigenvalue weighted by molar-refractivity contribution is 5.55. The number of rotatable bonds is 3. The van der Waals surface area contributed by atoms with Crippen molar-refractivity contribution in [3.8, 4) is 11.3 Å². The Morgan fingerprint density at radius 1 is 1.26 bits per heavy atom. The van der Waals surface area contributed by atoms with Crippen LogP contribution in [0.25, 0.3) is 11.3 Å². The maximum atomic E-state index is 4.69. The van der Waals surface area contributed by atoms with E-state index in [4.69, 9.17) is 4.98 Å². The lowest BCUT2D eigenvalue weighted by Gasteiger charge is -2.28. The molecule has 0 aliphatic carbocycles. The molecule has 0 amide bonds. The summed E-state index contributed by atoms with van der Waals surface area (Å²) in [5, 5.41) is 6.76. The van der Waals surface area contributed by atoms with Gasteiger partial charge < -0.3 is 4.90 Å². The first kappa shape index (κ1) is 12.3. The zero-order chi connectivity index (χ0) is 13.1. The van der Waals surface area contributed by atoms with E-state index >= 15 is 0 Å². The van der Waals surface area contributed by atoms with E-state index in [-0.39, 0.29) is 0 Å². The van der Waals surface area contributed by atoms with Gasteiger partial charge in [-0.15, -0.1) is 0 Å². The van der Waals surface area contributed by atoms with E-state index in [0.29, 0.717) is 0 Å². The number of hydrogen-bond donors (Lipinski definition) is 1. The van der Waals surface area contributed by atoms with E-state index in [1.165, 1.54) is 25.9 Å². The van der Waals surface area contributed by atoms with Crippen LogP contribution in [0.15, 0.2) is 24.8 Å². The third-order valence-electron chi connectivity index (χ3n) is 3.81. The van der Waals surface area contributed by atoms with Gasteiger partial charge in [0.05, 0.1) is 23.8 Å². The number of nitrogens with one attached hydrogen (secondary N) is 1. The normalized spacial score (nSPS) is 17.7. The van der Waals surface area contributed by atoms with Gasteiger partial charge in [0.2, 0.25) is 0 Å². The molecule has 3 heterocycles. The second-order valence-electron chi connectivity index (χ2n) is 5.33. The Bertz CT molecular complexity index is 514. The Balaban J connectivity index is 1.70. The Morgan fingerprint density at radius 3 is 2.84 bits per heavy atom. The summed E-state index contributed by atoms with van der Waals surface area (Å²) in [6.07, 6.45) is 10.9. The fourth-order valence-electron chi connectivity index (χ4n) is 2.60. The van der Waals surface area contributed by atoms with Crippen LogP contribution in [0, 0.1) is 5.92 Å². The number of likely N-dealkylation sites (tertiary alicyclic amines) is 1. The molecule has 2 aromatic heterocycles. The molecule has 0 saturated carbocycles. The van der Waals surface area contributed by atoms with Crippen molar-refractivity contribution >= 4 is 0 Å². The molecule has 19 heavy (non-hydrogen) atoms. The lowest BCUT2D eigenvalue weighted by atomic mass is 9.92. The predicted molar refractivity (Wildman–Crippen MR) is 73.5 cm³/mol. The molecule has 0 radical (unpaired) electrons. The quantitative estimate of drug-likeness (QED) is 0.910. The maximum Gasteiger partial charge on any atom is 0.0919 e. The summed E-state index contributed by atoms with van der Waals surface area (Å²) in [5.74, 6) is 0.741. The molecule has 1 aliphatic rings. The van der Waals surface area contributed by atoms with Crippen LogP contribution in [0.3, 0.4) is 0 Å². The molecule has 3 rings (SSSR count). The molecule has 5 heteroatoms. The largest absolute Gasteiger partial charge is 0.306 e. The van der Waals surface area contributed by atoms with Crippen LogP contribution < -0.4 is 0 Å². The predicted octanol–water partition coefficient (Wildman–Crippen LogP) is 1.75. The molecule has 5 nitrogen and oxygen atoms in total. The van der Waals surface area contributed by atoms with Gasteiger partial charge in [-0.25, -0.2) is 4.98 Å². The van der Waals surface area contributed by atoms with Crippen molar-refractivity contribution in [2.24, 2.45) is 5.92 Å². The number of hydrogen-bond acceptors (Lipinski definition) is 4. The van der Waals surface area contributed by atoms with Gasteiger partial charge in [0.25, 0.3) is 0 Å². The van der Waals surface area contributed by atoms with Gasteiger partial charge >= 0.3 is 0 Å². The number of aromatic amines is 1. The molecule has 1 saturated heterocycles. The summed E-state index contributed by atoms with van der Waals surface area (Å²) in [4.78, 5) is 11.4.